The number of aryl methyl sites for hydroxylation is 2. The van der Waals surface area contributed by atoms with E-state index < -0.39 is 35.8 Å². The molecule has 4 unspecified atom stereocenters. The van der Waals surface area contributed by atoms with Gasteiger partial charge in [-0.25, -0.2) is 4.79 Å². The van der Waals surface area contributed by atoms with Gasteiger partial charge in [0.05, 0.1) is 12.0 Å². The van der Waals surface area contributed by atoms with Crippen LogP contribution in [0.5, 0.6) is 0 Å². The summed E-state index contributed by atoms with van der Waals surface area (Å²) in [6, 6.07) is 25.4. The first-order chi connectivity index (χ1) is 17.9. The second kappa shape index (κ2) is 10.1. The fourth-order valence-electron chi connectivity index (χ4n) is 5.42. The molecule has 0 bridgehead atoms. The van der Waals surface area contributed by atoms with E-state index in [-0.39, 0.29) is 5.78 Å². The molecule has 0 aliphatic carbocycles. The van der Waals surface area contributed by atoms with Crippen molar-refractivity contribution >= 4 is 29.0 Å². The average molecular weight is 510 g/mol. The van der Waals surface area contributed by atoms with Crippen molar-refractivity contribution < 1.29 is 19.5 Å². The quantitative estimate of drug-likeness (QED) is 0.310. The first kappa shape index (κ1) is 24.7. The number of likely N-dealkylation sites (tertiary alicyclic amines) is 1. The molecular formula is C31H27NO4S. The van der Waals surface area contributed by atoms with Gasteiger partial charge in [-0.15, -0.1) is 11.3 Å². The first-order valence-electron chi connectivity index (χ1n) is 12.2. The summed E-state index contributed by atoms with van der Waals surface area (Å²) >= 11 is 1.42. The minimum absolute atomic E-state index is 0.167. The lowest BCUT2D eigenvalue weighted by Gasteiger charge is -2.30. The molecule has 4 atom stereocenters. The number of amides is 1. The molecule has 186 valence electrons. The number of carbonyl (C=O) groups is 3. The van der Waals surface area contributed by atoms with Crippen molar-refractivity contribution in [1.82, 2.24) is 4.90 Å². The highest BCUT2D eigenvalue weighted by Crippen LogP contribution is 2.52. The molecular weight excluding hydrogens is 482 g/mol. The Kier molecular flexibility index (Phi) is 6.76. The third kappa shape index (κ3) is 4.60. The summed E-state index contributed by atoms with van der Waals surface area (Å²) in [5.74, 6) is -3.18. The number of carboxylic acids is 1. The maximum atomic E-state index is 14.3. The number of ketones is 1. The van der Waals surface area contributed by atoms with Crippen LogP contribution in [0.15, 0.2) is 96.4 Å². The SMILES string of the molecule is Cc1ccc(C(=O)C2C(c3cccs3)C(C(=O)O)N(C(=O)c3ccccc3)C2c2cccc(C)c2)cc1. The van der Waals surface area contributed by atoms with Gasteiger partial charge in [-0.05, 0) is 43.0 Å². The molecule has 1 amide bonds. The highest BCUT2D eigenvalue weighted by atomic mass is 32.1. The maximum absolute atomic E-state index is 14.3. The van der Waals surface area contributed by atoms with Crippen molar-refractivity contribution in [2.75, 3.05) is 0 Å². The van der Waals surface area contributed by atoms with Crippen molar-refractivity contribution in [1.29, 1.82) is 0 Å². The molecule has 3 aromatic carbocycles. The van der Waals surface area contributed by atoms with Gasteiger partial charge in [-0.2, -0.15) is 0 Å². The Labute approximate surface area is 220 Å². The third-order valence-electron chi connectivity index (χ3n) is 7.07. The Morgan fingerprint density at radius 2 is 1.51 bits per heavy atom. The van der Waals surface area contributed by atoms with Gasteiger partial charge in [0.2, 0.25) is 0 Å². The molecule has 1 aliphatic heterocycles. The van der Waals surface area contributed by atoms with Crippen LogP contribution in [0.3, 0.4) is 0 Å². The number of carbonyl (C=O) groups excluding carboxylic acids is 2. The summed E-state index contributed by atoms with van der Waals surface area (Å²) in [4.78, 5) is 43.5. The van der Waals surface area contributed by atoms with Gasteiger partial charge in [0.25, 0.3) is 5.91 Å². The topological polar surface area (TPSA) is 74.7 Å². The van der Waals surface area contributed by atoms with Crippen molar-refractivity contribution in [3.63, 3.8) is 0 Å². The first-order valence-corrected chi connectivity index (χ1v) is 13.1. The molecule has 1 N–H and O–H groups in total. The lowest BCUT2D eigenvalue weighted by atomic mass is 9.78. The van der Waals surface area contributed by atoms with Crippen molar-refractivity contribution in [3.8, 4) is 0 Å². The molecule has 6 heteroatoms. The van der Waals surface area contributed by atoms with E-state index in [1.807, 2.05) is 73.8 Å². The molecule has 0 spiro atoms. The number of carboxylic acid groups (broad SMARTS) is 1. The van der Waals surface area contributed by atoms with Crippen LogP contribution in [0.2, 0.25) is 0 Å². The number of rotatable bonds is 6. The number of Topliss-reactive ketones (excluding diaryl/α,β-unsaturated/α-hetero) is 1. The van der Waals surface area contributed by atoms with Crippen LogP contribution in [0.4, 0.5) is 0 Å². The molecule has 1 aromatic heterocycles. The molecule has 5 rings (SSSR count). The number of hydrogen-bond donors (Lipinski definition) is 1. The van der Waals surface area contributed by atoms with E-state index >= 15 is 0 Å². The molecule has 0 saturated carbocycles. The fourth-order valence-corrected chi connectivity index (χ4v) is 6.32. The van der Waals surface area contributed by atoms with Gasteiger partial charge < -0.3 is 10.0 Å². The average Bonchev–Trinajstić information content (AvgIpc) is 3.55. The molecule has 2 heterocycles. The largest absolute Gasteiger partial charge is 0.480 e. The van der Waals surface area contributed by atoms with Crippen LogP contribution in [-0.4, -0.2) is 33.7 Å². The van der Waals surface area contributed by atoms with Crippen LogP contribution >= 0.6 is 11.3 Å². The molecule has 4 aromatic rings. The normalized spacial score (nSPS) is 21.1. The molecule has 1 fully saturated rings. The molecule has 0 radical (unpaired) electrons. The number of benzene rings is 3. The minimum Gasteiger partial charge on any atom is -0.480 e. The number of hydrogen-bond acceptors (Lipinski definition) is 4. The maximum Gasteiger partial charge on any atom is 0.327 e. The van der Waals surface area contributed by atoms with E-state index in [2.05, 4.69) is 0 Å². The predicted molar refractivity (Wildman–Crippen MR) is 144 cm³/mol. The van der Waals surface area contributed by atoms with Gasteiger partial charge >= 0.3 is 5.97 Å². The van der Waals surface area contributed by atoms with E-state index in [1.54, 1.807) is 36.4 Å². The van der Waals surface area contributed by atoms with E-state index in [0.29, 0.717) is 11.1 Å². The third-order valence-corrected chi connectivity index (χ3v) is 8.04. The van der Waals surface area contributed by atoms with Gasteiger partial charge in [-0.3, -0.25) is 9.59 Å². The summed E-state index contributed by atoms with van der Waals surface area (Å²) in [6.45, 7) is 3.90. The van der Waals surface area contributed by atoms with Crippen LogP contribution in [0.1, 0.15) is 54.2 Å². The minimum atomic E-state index is -1.21. The van der Waals surface area contributed by atoms with Crippen LogP contribution in [0, 0.1) is 19.8 Å². The van der Waals surface area contributed by atoms with Gasteiger partial charge in [-0.1, -0.05) is 83.9 Å². The van der Waals surface area contributed by atoms with Gasteiger partial charge in [0.1, 0.15) is 6.04 Å². The molecule has 37 heavy (non-hydrogen) atoms. The zero-order chi connectivity index (χ0) is 26.1. The highest BCUT2D eigenvalue weighted by Gasteiger charge is 2.58. The highest BCUT2D eigenvalue weighted by molar-refractivity contribution is 7.10. The second-order valence-electron chi connectivity index (χ2n) is 9.52. The number of nitrogens with zero attached hydrogens (tertiary/aromatic N) is 1. The van der Waals surface area contributed by atoms with E-state index in [1.165, 1.54) is 16.2 Å². The van der Waals surface area contributed by atoms with Crippen molar-refractivity contribution in [2.45, 2.75) is 31.8 Å². The standard InChI is InChI=1S/C31H27NO4S/c1-19-13-15-21(16-14-19)29(33)26-25(24-12-7-17-37-24)28(31(35)36)32(30(34)22-9-4-3-5-10-22)27(26)23-11-6-8-20(2)18-23/h3-18,25-28H,1-2H3,(H,35,36). The van der Waals surface area contributed by atoms with E-state index in [9.17, 15) is 19.5 Å². The lowest BCUT2D eigenvalue weighted by Crippen LogP contribution is -2.43. The second-order valence-corrected chi connectivity index (χ2v) is 10.5. The smallest absolute Gasteiger partial charge is 0.327 e. The summed E-state index contributed by atoms with van der Waals surface area (Å²) in [5.41, 5.74) is 3.64. The number of aliphatic carboxylic acids is 1. The van der Waals surface area contributed by atoms with Crippen molar-refractivity contribution in [3.05, 3.63) is 129 Å². The Morgan fingerprint density at radius 3 is 2.14 bits per heavy atom. The summed E-state index contributed by atoms with van der Waals surface area (Å²) < 4.78 is 0. The van der Waals surface area contributed by atoms with E-state index in [4.69, 9.17) is 0 Å². The zero-order valence-electron chi connectivity index (χ0n) is 20.6. The molecule has 1 aliphatic rings. The summed E-state index contributed by atoms with van der Waals surface area (Å²) in [7, 11) is 0. The van der Waals surface area contributed by atoms with Crippen LogP contribution in [-0.2, 0) is 4.79 Å². The van der Waals surface area contributed by atoms with Crippen LogP contribution < -0.4 is 0 Å². The van der Waals surface area contributed by atoms with Gasteiger partial charge in [0.15, 0.2) is 5.78 Å². The lowest BCUT2D eigenvalue weighted by molar-refractivity contribution is -0.142. The Balaban J connectivity index is 1.76. The Morgan fingerprint density at radius 1 is 0.784 bits per heavy atom. The number of thiophene rings is 1. The monoisotopic (exact) mass is 509 g/mol. The Hall–Kier alpha value is -4.03. The summed E-state index contributed by atoms with van der Waals surface area (Å²) in [5, 5.41) is 12.5. The van der Waals surface area contributed by atoms with Gasteiger partial charge in [0, 0.05) is 21.9 Å². The van der Waals surface area contributed by atoms with Crippen LogP contribution in [0.25, 0.3) is 0 Å². The fraction of sp³-hybridized carbons (Fsp3) is 0.194. The summed E-state index contributed by atoms with van der Waals surface area (Å²) in [6.07, 6.45) is 0. The van der Waals surface area contributed by atoms with E-state index in [0.717, 1.165) is 21.6 Å². The Bertz CT molecular complexity index is 1430. The van der Waals surface area contributed by atoms with Crippen molar-refractivity contribution in [2.24, 2.45) is 5.92 Å². The zero-order valence-corrected chi connectivity index (χ0v) is 21.4. The predicted octanol–water partition coefficient (Wildman–Crippen LogP) is 6.30. The molecule has 1 saturated heterocycles. The molecule has 5 nitrogen and oxygen atoms in total.